The number of aliphatic carboxylic acids is 1. The Hall–Kier alpha value is -2.08. The van der Waals surface area contributed by atoms with Crippen LogP contribution in [0.25, 0.3) is 0 Å². The van der Waals surface area contributed by atoms with Gasteiger partial charge in [0, 0.05) is 6.61 Å². The van der Waals surface area contributed by atoms with Crippen LogP contribution in [-0.4, -0.2) is 35.9 Å². The highest BCUT2D eigenvalue weighted by Gasteiger charge is 2.28. The second-order valence-corrected chi connectivity index (χ2v) is 4.77. The van der Waals surface area contributed by atoms with Crippen molar-refractivity contribution in [2.45, 2.75) is 31.5 Å². The van der Waals surface area contributed by atoms with Gasteiger partial charge in [-0.3, -0.25) is 0 Å². The molecule has 6 heteroatoms. The van der Waals surface area contributed by atoms with Crippen LogP contribution in [0.5, 0.6) is 0 Å². The molecule has 2 unspecified atom stereocenters. The van der Waals surface area contributed by atoms with Gasteiger partial charge < -0.3 is 20.5 Å². The van der Waals surface area contributed by atoms with E-state index >= 15 is 0 Å². The number of benzene rings is 1. The molecule has 2 amide bonds. The Bertz CT molecular complexity index is 477. The van der Waals surface area contributed by atoms with Crippen molar-refractivity contribution in [1.29, 1.82) is 0 Å². The van der Waals surface area contributed by atoms with E-state index in [1.54, 1.807) is 30.3 Å². The number of carbonyl (C=O) groups is 2. The highest BCUT2D eigenvalue weighted by molar-refractivity contribution is 5.83. The van der Waals surface area contributed by atoms with Gasteiger partial charge in [-0.1, -0.05) is 30.3 Å². The van der Waals surface area contributed by atoms with Crippen molar-refractivity contribution in [2.75, 3.05) is 6.61 Å². The van der Waals surface area contributed by atoms with Crippen molar-refractivity contribution in [3.63, 3.8) is 0 Å². The van der Waals surface area contributed by atoms with Gasteiger partial charge in [-0.05, 0) is 18.9 Å². The van der Waals surface area contributed by atoms with Gasteiger partial charge in [-0.2, -0.15) is 0 Å². The smallest absolute Gasteiger partial charge is 0.330 e. The van der Waals surface area contributed by atoms with Crippen molar-refractivity contribution in [2.24, 2.45) is 0 Å². The summed E-state index contributed by atoms with van der Waals surface area (Å²) in [4.78, 5) is 23.2. The first-order chi connectivity index (χ1) is 9.58. The van der Waals surface area contributed by atoms with Crippen LogP contribution in [0, 0.1) is 0 Å². The van der Waals surface area contributed by atoms with E-state index in [0.29, 0.717) is 12.2 Å². The second-order valence-electron chi connectivity index (χ2n) is 4.77. The van der Waals surface area contributed by atoms with Crippen LogP contribution < -0.4 is 10.6 Å². The predicted octanol–water partition coefficient (Wildman–Crippen LogP) is 1.29. The van der Waals surface area contributed by atoms with E-state index in [-0.39, 0.29) is 12.1 Å². The molecule has 0 aromatic heterocycles. The third-order valence-corrected chi connectivity index (χ3v) is 3.35. The molecule has 0 radical (unpaired) electrons. The maximum absolute atomic E-state index is 11.9. The molecule has 1 aromatic carbocycles. The van der Waals surface area contributed by atoms with Crippen LogP contribution in [0.2, 0.25) is 0 Å². The number of ether oxygens (including phenoxy) is 1. The van der Waals surface area contributed by atoms with Crippen LogP contribution in [-0.2, 0) is 9.53 Å². The molecule has 3 N–H and O–H groups in total. The van der Waals surface area contributed by atoms with Crippen LogP contribution in [0.15, 0.2) is 30.3 Å². The molecule has 0 spiro atoms. The number of carboxylic acids is 1. The number of rotatable bonds is 4. The topological polar surface area (TPSA) is 87.7 Å². The van der Waals surface area contributed by atoms with Gasteiger partial charge in [0.2, 0.25) is 0 Å². The van der Waals surface area contributed by atoms with E-state index in [1.165, 1.54) is 0 Å². The van der Waals surface area contributed by atoms with Crippen molar-refractivity contribution in [3.05, 3.63) is 35.9 Å². The van der Waals surface area contributed by atoms with E-state index in [2.05, 4.69) is 10.6 Å². The summed E-state index contributed by atoms with van der Waals surface area (Å²) in [5.74, 6) is -1.10. The van der Waals surface area contributed by atoms with E-state index < -0.39 is 18.0 Å². The summed E-state index contributed by atoms with van der Waals surface area (Å²) in [5, 5.41) is 14.4. The van der Waals surface area contributed by atoms with E-state index in [1.807, 2.05) is 6.92 Å². The third-order valence-electron chi connectivity index (χ3n) is 3.35. The van der Waals surface area contributed by atoms with Crippen LogP contribution >= 0.6 is 0 Å². The predicted molar refractivity (Wildman–Crippen MR) is 72.3 cm³/mol. The Morgan fingerprint density at radius 3 is 2.60 bits per heavy atom. The number of carboxylic acid groups (broad SMARTS) is 1. The molecule has 0 aliphatic carbocycles. The highest BCUT2D eigenvalue weighted by Crippen LogP contribution is 2.14. The molecule has 1 fully saturated rings. The van der Waals surface area contributed by atoms with Crippen molar-refractivity contribution >= 4 is 12.0 Å². The lowest BCUT2D eigenvalue weighted by molar-refractivity contribution is -0.139. The number of amides is 2. The minimum Gasteiger partial charge on any atom is -0.479 e. The van der Waals surface area contributed by atoms with Crippen molar-refractivity contribution in [3.8, 4) is 0 Å². The lowest BCUT2D eigenvalue weighted by Gasteiger charge is -2.19. The van der Waals surface area contributed by atoms with Crippen LogP contribution in [0.3, 0.4) is 0 Å². The first kappa shape index (κ1) is 14.3. The van der Waals surface area contributed by atoms with Gasteiger partial charge in [0.05, 0.1) is 12.1 Å². The molecule has 6 nitrogen and oxygen atoms in total. The maximum atomic E-state index is 11.9. The van der Waals surface area contributed by atoms with Gasteiger partial charge in [0.15, 0.2) is 6.04 Å². The Labute approximate surface area is 117 Å². The van der Waals surface area contributed by atoms with Crippen molar-refractivity contribution < 1.29 is 19.4 Å². The quantitative estimate of drug-likeness (QED) is 0.774. The lowest BCUT2D eigenvalue weighted by Crippen LogP contribution is -2.47. The molecule has 1 saturated heterocycles. The van der Waals surface area contributed by atoms with Gasteiger partial charge in [0.25, 0.3) is 0 Å². The fourth-order valence-electron chi connectivity index (χ4n) is 2.20. The summed E-state index contributed by atoms with van der Waals surface area (Å²) < 4.78 is 5.34. The zero-order valence-corrected chi connectivity index (χ0v) is 11.2. The monoisotopic (exact) mass is 278 g/mol. The molecule has 1 heterocycles. The summed E-state index contributed by atoms with van der Waals surface area (Å²) in [6, 6.07) is 6.95. The minimum absolute atomic E-state index is 0.0549. The van der Waals surface area contributed by atoms with Crippen molar-refractivity contribution in [1.82, 2.24) is 10.6 Å². The minimum atomic E-state index is -1.10. The van der Waals surface area contributed by atoms with Gasteiger partial charge in [0.1, 0.15) is 0 Å². The lowest BCUT2D eigenvalue weighted by atomic mass is 10.1. The summed E-state index contributed by atoms with van der Waals surface area (Å²) >= 11 is 0. The van der Waals surface area contributed by atoms with E-state index in [0.717, 1.165) is 6.42 Å². The number of nitrogens with one attached hydrogen (secondary N) is 2. The maximum Gasteiger partial charge on any atom is 0.330 e. The Balaban J connectivity index is 1.98. The number of urea groups is 1. The molecule has 0 bridgehead atoms. The zero-order chi connectivity index (χ0) is 14.5. The summed E-state index contributed by atoms with van der Waals surface area (Å²) in [7, 11) is 0. The second kappa shape index (κ2) is 6.38. The van der Waals surface area contributed by atoms with Crippen LogP contribution in [0.1, 0.15) is 24.9 Å². The molecule has 1 aliphatic rings. The Morgan fingerprint density at radius 2 is 2.05 bits per heavy atom. The first-order valence-electron chi connectivity index (χ1n) is 6.54. The van der Waals surface area contributed by atoms with Crippen LogP contribution in [0.4, 0.5) is 4.79 Å². The molecular weight excluding hydrogens is 260 g/mol. The summed E-state index contributed by atoms with van der Waals surface area (Å²) in [6.07, 6.45) is 0.679. The SMILES string of the molecule is CC1OCCC1NC(=O)N[C@H](C(=O)O)c1ccccc1. The van der Waals surface area contributed by atoms with Gasteiger partial charge in [-0.25, -0.2) is 9.59 Å². The fourth-order valence-corrected chi connectivity index (χ4v) is 2.20. The summed E-state index contributed by atoms with van der Waals surface area (Å²) in [6.45, 7) is 2.48. The molecule has 3 atom stereocenters. The highest BCUT2D eigenvalue weighted by atomic mass is 16.5. The third kappa shape index (κ3) is 3.48. The normalized spacial score (nSPS) is 23.1. The number of hydrogen-bond donors (Lipinski definition) is 3. The Morgan fingerprint density at radius 1 is 1.35 bits per heavy atom. The van der Waals surface area contributed by atoms with E-state index in [9.17, 15) is 14.7 Å². The molecule has 0 saturated carbocycles. The largest absolute Gasteiger partial charge is 0.479 e. The zero-order valence-electron chi connectivity index (χ0n) is 11.2. The van der Waals surface area contributed by atoms with Gasteiger partial charge >= 0.3 is 12.0 Å². The Kier molecular flexibility index (Phi) is 4.57. The molecule has 20 heavy (non-hydrogen) atoms. The molecule has 1 aliphatic heterocycles. The van der Waals surface area contributed by atoms with Gasteiger partial charge in [-0.15, -0.1) is 0 Å². The fraction of sp³-hybridized carbons (Fsp3) is 0.429. The number of hydrogen-bond acceptors (Lipinski definition) is 3. The first-order valence-corrected chi connectivity index (χ1v) is 6.54. The molecular formula is C14H18N2O4. The average molecular weight is 278 g/mol. The molecule has 2 rings (SSSR count). The standard InChI is InChI=1S/C14H18N2O4/c1-9-11(7-8-20-9)15-14(19)16-12(13(17)18)10-5-3-2-4-6-10/h2-6,9,11-12H,7-8H2,1H3,(H,17,18)(H2,15,16,19)/t9?,11?,12-/m0/s1. The number of carbonyl (C=O) groups excluding carboxylic acids is 1. The molecule has 1 aromatic rings. The summed E-state index contributed by atoms with van der Waals surface area (Å²) in [5.41, 5.74) is 0.533. The average Bonchev–Trinajstić information content (AvgIpc) is 2.82. The van der Waals surface area contributed by atoms with E-state index in [4.69, 9.17) is 4.74 Å². The molecule has 108 valence electrons.